The number of benzene rings is 2. The number of para-hydroxylation sites is 1. The number of hydrogen-bond acceptors (Lipinski definition) is 2. The number of rotatable bonds is 4. The molecule has 0 spiro atoms. The van der Waals surface area contributed by atoms with Crippen LogP contribution in [0.2, 0.25) is 0 Å². The molecule has 20 heavy (non-hydrogen) atoms. The van der Waals surface area contributed by atoms with Gasteiger partial charge in [-0.25, -0.2) is 0 Å². The van der Waals surface area contributed by atoms with Crippen LogP contribution in [0.4, 0.5) is 0 Å². The van der Waals surface area contributed by atoms with Crippen molar-refractivity contribution in [3.05, 3.63) is 78.0 Å². The number of nitrogens with zero attached hydrogens (tertiary/aromatic N) is 1. The Morgan fingerprint density at radius 2 is 1.60 bits per heavy atom. The van der Waals surface area contributed by atoms with E-state index >= 15 is 0 Å². The van der Waals surface area contributed by atoms with E-state index in [9.17, 15) is 4.79 Å². The maximum atomic E-state index is 12.1. The minimum absolute atomic E-state index is 0.167. The summed E-state index contributed by atoms with van der Waals surface area (Å²) in [7, 11) is 0. The topological polar surface area (TPSA) is 30.0 Å². The summed E-state index contributed by atoms with van der Waals surface area (Å²) in [5, 5.41) is 1.13. The highest BCUT2D eigenvalue weighted by atomic mass is 16.1. The Morgan fingerprint density at radius 3 is 2.45 bits per heavy atom. The molecular formula is C18H15NO. The van der Waals surface area contributed by atoms with Gasteiger partial charge in [0.15, 0.2) is 5.78 Å². The van der Waals surface area contributed by atoms with Crippen LogP contribution >= 0.6 is 0 Å². The first kappa shape index (κ1) is 12.5. The lowest BCUT2D eigenvalue weighted by atomic mass is 10.0. The predicted octanol–water partition coefficient (Wildman–Crippen LogP) is 4.05. The molecule has 0 N–H and O–H groups in total. The fraction of sp³-hybridized carbons (Fsp3) is 0.111. The number of hydrogen-bond donors (Lipinski definition) is 0. The molecule has 3 aromatic rings. The normalized spacial score (nSPS) is 10.6. The summed E-state index contributed by atoms with van der Waals surface area (Å²) >= 11 is 0. The van der Waals surface area contributed by atoms with Gasteiger partial charge in [-0.15, -0.1) is 0 Å². The van der Waals surface area contributed by atoms with E-state index in [1.54, 1.807) is 0 Å². The number of fused-ring (bicyclic) bond motifs is 1. The smallest absolute Gasteiger partial charge is 0.163 e. The highest BCUT2D eigenvalue weighted by Gasteiger charge is 2.06. The van der Waals surface area contributed by atoms with Crippen LogP contribution in [-0.2, 0) is 6.42 Å². The van der Waals surface area contributed by atoms with E-state index in [4.69, 9.17) is 0 Å². The van der Waals surface area contributed by atoms with Crippen LogP contribution in [0.3, 0.4) is 0 Å². The number of carbonyl (C=O) groups is 1. The van der Waals surface area contributed by atoms with E-state index in [1.165, 1.54) is 0 Å². The highest BCUT2D eigenvalue weighted by Crippen LogP contribution is 2.13. The predicted molar refractivity (Wildman–Crippen MR) is 80.8 cm³/mol. The summed E-state index contributed by atoms with van der Waals surface area (Å²) in [6.07, 6.45) is 1.17. The van der Waals surface area contributed by atoms with Crippen molar-refractivity contribution in [1.29, 1.82) is 0 Å². The molecule has 0 atom stereocenters. The zero-order valence-electron chi connectivity index (χ0n) is 11.1. The van der Waals surface area contributed by atoms with Crippen molar-refractivity contribution in [2.24, 2.45) is 0 Å². The molecule has 0 radical (unpaired) electrons. The summed E-state index contributed by atoms with van der Waals surface area (Å²) in [6, 6.07) is 21.5. The molecule has 1 heterocycles. The molecule has 0 unspecified atom stereocenters. The fourth-order valence-corrected chi connectivity index (χ4v) is 2.26. The molecule has 0 fully saturated rings. The quantitative estimate of drug-likeness (QED) is 0.663. The molecule has 2 heteroatoms. The number of aryl methyl sites for hydroxylation is 1. The van der Waals surface area contributed by atoms with Gasteiger partial charge in [-0.2, -0.15) is 0 Å². The minimum atomic E-state index is 0.167. The molecule has 98 valence electrons. The van der Waals surface area contributed by atoms with Gasteiger partial charge in [-0.05, 0) is 18.6 Å². The zero-order valence-corrected chi connectivity index (χ0v) is 11.1. The molecule has 3 rings (SSSR count). The first-order chi connectivity index (χ1) is 9.83. The second kappa shape index (κ2) is 5.66. The van der Waals surface area contributed by atoms with Crippen molar-refractivity contribution >= 4 is 16.7 Å². The molecule has 0 bridgehead atoms. The van der Waals surface area contributed by atoms with Crippen molar-refractivity contribution < 1.29 is 4.79 Å². The molecule has 1 aromatic heterocycles. The molecule has 0 saturated carbocycles. The summed E-state index contributed by atoms with van der Waals surface area (Å²) in [5.74, 6) is 0.167. The van der Waals surface area contributed by atoms with Gasteiger partial charge in [0.25, 0.3) is 0 Å². The summed E-state index contributed by atoms with van der Waals surface area (Å²) in [4.78, 5) is 16.6. The molecule has 2 nitrogen and oxygen atoms in total. The average molecular weight is 261 g/mol. The second-order valence-electron chi connectivity index (χ2n) is 4.78. The third-order valence-corrected chi connectivity index (χ3v) is 3.36. The van der Waals surface area contributed by atoms with Gasteiger partial charge >= 0.3 is 0 Å². The molecule has 0 saturated heterocycles. The SMILES string of the molecule is O=C(CCc1ccc2ccccc2n1)c1ccccc1. The highest BCUT2D eigenvalue weighted by molar-refractivity contribution is 5.96. The third kappa shape index (κ3) is 2.75. The Bertz CT molecular complexity index is 735. The Labute approximate surface area is 118 Å². The Morgan fingerprint density at radius 1 is 0.850 bits per heavy atom. The lowest BCUT2D eigenvalue weighted by Crippen LogP contribution is -2.02. The Balaban J connectivity index is 1.72. The third-order valence-electron chi connectivity index (χ3n) is 3.36. The Kier molecular flexibility index (Phi) is 3.55. The van der Waals surface area contributed by atoms with Crippen LogP contribution in [-0.4, -0.2) is 10.8 Å². The summed E-state index contributed by atoms with van der Waals surface area (Å²) in [5.41, 5.74) is 2.72. The van der Waals surface area contributed by atoms with Crippen LogP contribution in [0.5, 0.6) is 0 Å². The van der Waals surface area contributed by atoms with E-state index < -0.39 is 0 Å². The standard InChI is InChI=1S/C18H15NO/c20-18(15-7-2-1-3-8-15)13-12-16-11-10-14-6-4-5-9-17(14)19-16/h1-11H,12-13H2. The van der Waals surface area contributed by atoms with Crippen molar-refractivity contribution in [3.63, 3.8) is 0 Å². The van der Waals surface area contributed by atoms with Crippen LogP contribution < -0.4 is 0 Å². The van der Waals surface area contributed by atoms with E-state index in [-0.39, 0.29) is 5.78 Å². The summed E-state index contributed by atoms with van der Waals surface area (Å²) in [6.45, 7) is 0. The van der Waals surface area contributed by atoms with Crippen molar-refractivity contribution in [2.75, 3.05) is 0 Å². The van der Waals surface area contributed by atoms with Gasteiger partial charge in [0.1, 0.15) is 0 Å². The van der Waals surface area contributed by atoms with E-state index in [1.807, 2.05) is 60.7 Å². The van der Waals surface area contributed by atoms with Gasteiger partial charge in [-0.1, -0.05) is 54.6 Å². The first-order valence-corrected chi connectivity index (χ1v) is 6.76. The second-order valence-corrected chi connectivity index (χ2v) is 4.78. The minimum Gasteiger partial charge on any atom is -0.294 e. The first-order valence-electron chi connectivity index (χ1n) is 6.76. The van der Waals surface area contributed by atoms with Crippen LogP contribution in [0.1, 0.15) is 22.5 Å². The molecule has 0 aliphatic heterocycles. The molecule has 2 aromatic carbocycles. The average Bonchev–Trinajstić information content (AvgIpc) is 2.53. The van der Waals surface area contributed by atoms with E-state index in [0.29, 0.717) is 12.8 Å². The van der Waals surface area contributed by atoms with Crippen LogP contribution in [0.25, 0.3) is 10.9 Å². The fourth-order valence-electron chi connectivity index (χ4n) is 2.26. The van der Waals surface area contributed by atoms with Gasteiger partial charge in [0.05, 0.1) is 5.52 Å². The van der Waals surface area contributed by atoms with Crippen LogP contribution in [0, 0.1) is 0 Å². The number of aromatic nitrogens is 1. The number of ketones is 1. The Hall–Kier alpha value is -2.48. The zero-order chi connectivity index (χ0) is 13.8. The van der Waals surface area contributed by atoms with Crippen molar-refractivity contribution in [1.82, 2.24) is 4.98 Å². The maximum Gasteiger partial charge on any atom is 0.163 e. The molecule has 0 aliphatic carbocycles. The number of pyridine rings is 1. The maximum absolute atomic E-state index is 12.1. The van der Waals surface area contributed by atoms with Gasteiger partial charge in [-0.3, -0.25) is 9.78 Å². The largest absolute Gasteiger partial charge is 0.294 e. The van der Waals surface area contributed by atoms with Gasteiger partial charge < -0.3 is 0 Å². The number of Topliss-reactive ketones (excluding diaryl/α,β-unsaturated/α-hetero) is 1. The van der Waals surface area contributed by atoms with Crippen LogP contribution in [0.15, 0.2) is 66.7 Å². The van der Waals surface area contributed by atoms with Crippen molar-refractivity contribution in [3.8, 4) is 0 Å². The van der Waals surface area contributed by atoms with E-state index in [2.05, 4.69) is 11.1 Å². The van der Waals surface area contributed by atoms with E-state index in [0.717, 1.165) is 22.2 Å². The number of carbonyl (C=O) groups excluding carboxylic acids is 1. The molecular weight excluding hydrogens is 246 g/mol. The van der Waals surface area contributed by atoms with Gasteiger partial charge in [0.2, 0.25) is 0 Å². The summed E-state index contributed by atoms with van der Waals surface area (Å²) < 4.78 is 0. The molecule has 0 amide bonds. The lowest BCUT2D eigenvalue weighted by molar-refractivity contribution is 0.0982. The van der Waals surface area contributed by atoms with Gasteiger partial charge in [0, 0.05) is 23.1 Å². The monoisotopic (exact) mass is 261 g/mol. The molecule has 0 aliphatic rings. The van der Waals surface area contributed by atoms with Crippen molar-refractivity contribution in [2.45, 2.75) is 12.8 Å². The lowest BCUT2D eigenvalue weighted by Gasteiger charge is -2.03.